The van der Waals surface area contributed by atoms with Crippen molar-refractivity contribution in [2.45, 2.75) is 18.9 Å². The molecule has 0 spiro atoms. The summed E-state index contributed by atoms with van der Waals surface area (Å²) in [6, 6.07) is 15.6. The van der Waals surface area contributed by atoms with Crippen LogP contribution < -0.4 is 10.1 Å². The molecule has 0 radical (unpaired) electrons. The number of hydrogen-bond acceptors (Lipinski definition) is 3. The highest BCUT2D eigenvalue weighted by atomic mass is 35.5. The largest absolute Gasteiger partial charge is 0.497 e. The molecule has 1 saturated heterocycles. The Kier molecular flexibility index (Phi) is 5.95. The van der Waals surface area contributed by atoms with E-state index in [1.807, 2.05) is 12.1 Å². The summed E-state index contributed by atoms with van der Waals surface area (Å²) in [5.41, 5.74) is 1.91. The molecular weight excluding hydrogens is 336 g/mol. The zero-order chi connectivity index (χ0) is 17.6. The summed E-state index contributed by atoms with van der Waals surface area (Å²) in [6.45, 7) is 2.52. The molecule has 3 rings (SSSR count). The van der Waals surface area contributed by atoms with Crippen LogP contribution in [0.15, 0.2) is 48.5 Å². The van der Waals surface area contributed by atoms with E-state index in [4.69, 9.17) is 16.3 Å². The highest BCUT2D eigenvalue weighted by Gasteiger charge is 2.25. The van der Waals surface area contributed by atoms with Gasteiger partial charge < -0.3 is 10.1 Å². The van der Waals surface area contributed by atoms with Crippen molar-refractivity contribution in [2.24, 2.45) is 0 Å². The SMILES string of the molecule is COc1cccc(C2CCCN2CCNC(=O)c2ccc(Cl)cc2)c1. The van der Waals surface area contributed by atoms with Gasteiger partial charge in [-0.2, -0.15) is 0 Å². The Bertz CT molecular complexity index is 718. The molecule has 2 aromatic carbocycles. The Morgan fingerprint density at radius 3 is 2.84 bits per heavy atom. The number of hydrogen-bond donors (Lipinski definition) is 1. The highest BCUT2D eigenvalue weighted by Crippen LogP contribution is 2.32. The van der Waals surface area contributed by atoms with Gasteiger partial charge in [-0.15, -0.1) is 0 Å². The zero-order valence-electron chi connectivity index (χ0n) is 14.4. The number of nitrogens with zero attached hydrogens (tertiary/aromatic N) is 1. The maximum absolute atomic E-state index is 12.2. The standard InChI is InChI=1S/C20H23ClN2O2/c1-25-18-5-2-4-16(14-18)19-6-3-12-23(19)13-11-22-20(24)15-7-9-17(21)10-8-15/h2,4-5,7-10,14,19H,3,6,11-13H2,1H3,(H,22,24). The first-order valence-corrected chi connectivity index (χ1v) is 8.97. The van der Waals surface area contributed by atoms with Crippen molar-refractivity contribution < 1.29 is 9.53 Å². The Labute approximate surface area is 153 Å². The van der Waals surface area contributed by atoms with E-state index in [9.17, 15) is 4.79 Å². The smallest absolute Gasteiger partial charge is 0.251 e. The van der Waals surface area contributed by atoms with E-state index in [-0.39, 0.29) is 5.91 Å². The maximum Gasteiger partial charge on any atom is 0.251 e. The van der Waals surface area contributed by atoms with E-state index < -0.39 is 0 Å². The number of amides is 1. The summed E-state index contributed by atoms with van der Waals surface area (Å²) in [4.78, 5) is 14.6. The third-order valence-electron chi connectivity index (χ3n) is 4.63. The molecule has 0 aliphatic carbocycles. The number of rotatable bonds is 6. The number of nitrogens with one attached hydrogen (secondary N) is 1. The molecule has 4 nitrogen and oxygen atoms in total. The number of carbonyl (C=O) groups is 1. The van der Waals surface area contributed by atoms with Crippen LogP contribution in [-0.4, -0.2) is 37.6 Å². The molecule has 1 amide bonds. The van der Waals surface area contributed by atoms with Gasteiger partial charge in [0.05, 0.1) is 7.11 Å². The van der Waals surface area contributed by atoms with Crippen LogP contribution in [0.5, 0.6) is 5.75 Å². The lowest BCUT2D eigenvalue weighted by atomic mass is 10.0. The quantitative estimate of drug-likeness (QED) is 0.851. The molecule has 5 heteroatoms. The number of likely N-dealkylation sites (tertiary alicyclic amines) is 1. The molecule has 1 N–H and O–H groups in total. The van der Waals surface area contributed by atoms with Crippen molar-refractivity contribution in [3.05, 3.63) is 64.7 Å². The fraction of sp³-hybridized carbons (Fsp3) is 0.350. The van der Waals surface area contributed by atoms with Gasteiger partial charge in [0, 0.05) is 29.7 Å². The molecule has 1 atom stereocenters. The van der Waals surface area contributed by atoms with Crippen molar-refractivity contribution in [2.75, 3.05) is 26.7 Å². The Balaban J connectivity index is 1.55. The van der Waals surface area contributed by atoms with Crippen molar-refractivity contribution in [3.8, 4) is 5.75 Å². The number of benzene rings is 2. The fourth-order valence-electron chi connectivity index (χ4n) is 3.34. The molecule has 1 heterocycles. The minimum atomic E-state index is -0.0613. The van der Waals surface area contributed by atoms with E-state index in [2.05, 4.69) is 22.3 Å². The van der Waals surface area contributed by atoms with E-state index in [0.717, 1.165) is 25.3 Å². The van der Waals surface area contributed by atoms with Gasteiger partial charge in [-0.05, 0) is 61.3 Å². The van der Waals surface area contributed by atoms with E-state index in [1.54, 1.807) is 31.4 Å². The number of carbonyl (C=O) groups excluding carboxylic acids is 1. The molecule has 132 valence electrons. The Hall–Kier alpha value is -2.04. The minimum absolute atomic E-state index is 0.0613. The Morgan fingerprint density at radius 2 is 2.08 bits per heavy atom. The summed E-state index contributed by atoms with van der Waals surface area (Å²) in [7, 11) is 1.69. The molecule has 0 bridgehead atoms. The van der Waals surface area contributed by atoms with Gasteiger partial charge in [0.2, 0.25) is 0 Å². The topological polar surface area (TPSA) is 41.6 Å². The second kappa shape index (κ2) is 8.37. The molecule has 0 aromatic heterocycles. The van der Waals surface area contributed by atoms with Crippen LogP contribution in [0.4, 0.5) is 0 Å². The van der Waals surface area contributed by atoms with Gasteiger partial charge in [0.25, 0.3) is 5.91 Å². The van der Waals surface area contributed by atoms with E-state index in [0.29, 0.717) is 23.2 Å². The molecule has 1 aliphatic rings. The molecule has 1 unspecified atom stereocenters. The van der Waals surface area contributed by atoms with Crippen LogP contribution in [0.1, 0.15) is 34.8 Å². The summed E-state index contributed by atoms with van der Waals surface area (Å²) in [5.74, 6) is 0.828. The average Bonchev–Trinajstić information content (AvgIpc) is 3.11. The summed E-state index contributed by atoms with van der Waals surface area (Å²) < 4.78 is 5.33. The molecule has 0 saturated carbocycles. The first kappa shape index (κ1) is 17.8. The summed E-state index contributed by atoms with van der Waals surface area (Å²) in [5, 5.41) is 3.63. The third-order valence-corrected chi connectivity index (χ3v) is 4.89. The van der Waals surface area contributed by atoms with Crippen LogP contribution in [0.25, 0.3) is 0 Å². The minimum Gasteiger partial charge on any atom is -0.497 e. The van der Waals surface area contributed by atoms with Crippen LogP contribution in [0.3, 0.4) is 0 Å². The Morgan fingerprint density at radius 1 is 1.28 bits per heavy atom. The fourth-order valence-corrected chi connectivity index (χ4v) is 3.46. The van der Waals surface area contributed by atoms with Gasteiger partial charge in [0.1, 0.15) is 5.75 Å². The van der Waals surface area contributed by atoms with Gasteiger partial charge in [-0.1, -0.05) is 23.7 Å². The lowest BCUT2D eigenvalue weighted by Crippen LogP contribution is -2.34. The molecule has 25 heavy (non-hydrogen) atoms. The molecule has 1 aliphatic heterocycles. The first-order valence-electron chi connectivity index (χ1n) is 8.59. The molecule has 1 fully saturated rings. The van der Waals surface area contributed by atoms with Crippen molar-refractivity contribution in [3.63, 3.8) is 0 Å². The number of methoxy groups -OCH3 is 1. The second-order valence-electron chi connectivity index (χ2n) is 6.23. The average molecular weight is 359 g/mol. The van der Waals surface area contributed by atoms with Gasteiger partial charge in [-0.25, -0.2) is 0 Å². The number of halogens is 1. The van der Waals surface area contributed by atoms with Gasteiger partial charge in [-0.3, -0.25) is 9.69 Å². The zero-order valence-corrected chi connectivity index (χ0v) is 15.1. The van der Waals surface area contributed by atoms with Gasteiger partial charge in [0.15, 0.2) is 0 Å². The van der Waals surface area contributed by atoms with Crippen LogP contribution in [-0.2, 0) is 0 Å². The maximum atomic E-state index is 12.2. The first-order chi connectivity index (χ1) is 12.2. The predicted molar refractivity (Wildman–Crippen MR) is 100 cm³/mol. The van der Waals surface area contributed by atoms with Crippen molar-refractivity contribution in [1.82, 2.24) is 10.2 Å². The summed E-state index contributed by atoms with van der Waals surface area (Å²) in [6.07, 6.45) is 2.31. The van der Waals surface area contributed by atoms with Crippen molar-refractivity contribution in [1.29, 1.82) is 0 Å². The second-order valence-corrected chi connectivity index (χ2v) is 6.67. The molecule has 2 aromatic rings. The van der Waals surface area contributed by atoms with E-state index >= 15 is 0 Å². The van der Waals surface area contributed by atoms with E-state index in [1.165, 1.54) is 12.0 Å². The number of ether oxygens (including phenoxy) is 1. The highest BCUT2D eigenvalue weighted by molar-refractivity contribution is 6.30. The summed E-state index contributed by atoms with van der Waals surface area (Å²) >= 11 is 5.86. The monoisotopic (exact) mass is 358 g/mol. The predicted octanol–water partition coefficient (Wildman–Crippen LogP) is 3.92. The van der Waals surface area contributed by atoms with Gasteiger partial charge >= 0.3 is 0 Å². The van der Waals surface area contributed by atoms with Crippen molar-refractivity contribution >= 4 is 17.5 Å². The van der Waals surface area contributed by atoms with Crippen LogP contribution >= 0.6 is 11.6 Å². The molecular formula is C20H23ClN2O2. The lowest BCUT2D eigenvalue weighted by molar-refractivity contribution is 0.0947. The normalized spacial score (nSPS) is 17.4. The third kappa shape index (κ3) is 4.53. The van der Waals surface area contributed by atoms with Crippen LogP contribution in [0.2, 0.25) is 5.02 Å². The lowest BCUT2D eigenvalue weighted by Gasteiger charge is -2.25. The van der Waals surface area contributed by atoms with Crippen LogP contribution in [0, 0.1) is 0 Å².